The van der Waals surface area contributed by atoms with Crippen molar-refractivity contribution in [2.45, 2.75) is 26.2 Å². The Morgan fingerprint density at radius 1 is 1.28 bits per heavy atom. The molecule has 0 atom stereocenters. The van der Waals surface area contributed by atoms with Crippen LogP contribution in [0.5, 0.6) is 0 Å². The number of rotatable bonds is 1. The summed E-state index contributed by atoms with van der Waals surface area (Å²) in [6.45, 7) is 6.38. The second kappa shape index (κ2) is 4.28. The maximum absolute atomic E-state index is 6.17. The molecule has 0 saturated heterocycles. The average molecular weight is 265 g/mol. The third-order valence-corrected chi connectivity index (χ3v) is 3.10. The van der Waals surface area contributed by atoms with Crippen molar-refractivity contribution in [2.75, 3.05) is 5.73 Å². The predicted molar refractivity (Wildman–Crippen MR) is 74.6 cm³/mol. The molecule has 0 fully saturated rings. The van der Waals surface area contributed by atoms with Gasteiger partial charge in [0.2, 0.25) is 0 Å². The second-order valence-electron chi connectivity index (χ2n) is 5.38. The normalized spacial score (nSPS) is 11.8. The van der Waals surface area contributed by atoms with Gasteiger partial charge in [0.1, 0.15) is 5.82 Å². The summed E-state index contributed by atoms with van der Waals surface area (Å²) in [7, 11) is 1.90. The molecular formula is C13H17ClN4. The molecule has 2 rings (SSSR count). The summed E-state index contributed by atoms with van der Waals surface area (Å²) in [6.07, 6.45) is 1.57. The van der Waals surface area contributed by atoms with Crippen molar-refractivity contribution in [3.63, 3.8) is 0 Å². The zero-order valence-electron chi connectivity index (χ0n) is 11.0. The van der Waals surface area contributed by atoms with E-state index < -0.39 is 0 Å². The van der Waals surface area contributed by atoms with E-state index >= 15 is 0 Å². The van der Waals surface area contributed by atoms with Crippen LogP contribution in [0, 0.1) is 0 Å². The Hall–Kier alpha value is -1.55. The highest BCUT2D eigenvalue weighted by Crippen LogP contribution is 2.31. The summed E-state index contributed by atoms with van der Waals surface area (Å²) < 4.78 is 1.82. The Morgan fingerprint density at radius 2 is 1.94 bits per heavy atom. The molecule has 0 unspecified atom stereocenters. The third kappa shape index (κ3) is 2.34. The molecule has 0 aliphatic carbocycles. The van der Waals surface area contributed by atoms with Crippen LogP contribution in [-0.4, -0.2) is 14.8 Å². The zero-order chi connectivity index (χ0) is 13.5. The summed E-state index contributed by atoms with van der Waals surface area (Å²) >= 11 is 6.17. The van der Waals surface area contributed by atoms with E-state index in [9.17, 15) is 0 Å². The molecule has 2 heterocycles. The Bertz CT molecular complexity index is 581. The van der Waals surface area contributed by atoms with Crippen LogP contribution in [0.2, 0.25) is 5.02 Å². The molecule has 2 N–H and O–H groups in total. The molecule has 2 aromatic heterocycles. The maximum Gasteiger partial charge on any atom is 0.124 e. The van der Waals surface area contributed by atoms with Crippen molar-refractivity contribution >= 4 is 17.4 Å². The standard InChI is InChI=1S/C13H17ClN4/c1-13(2,3)11-6-10(18(4)17-11)8-5-12(15)16-7-9(8)14/h5-7H,1-4H3,(H2,15,16). The van der Waals surface area contributed by atoms with E-state index in [1.165, 1.54) is 0 Å². The summed E-state index contributed by atoms with van der Waals surface area (Å²) in [4.78, 5) is 3.97. The number of halogens is 1. The first-order valence-electron chi connectivity index (χ1n) is 5.75. The number of pyridine rings is 1. The Kier molecular flexibility index (Phi) is 3.07. The van der Waals surface area contributed by atoms with E-state index in [0.29, 0.717) is 10.8 Å². The fourth-order valence-corrected chi connectivity index (χ4v) is 1.94. The van der Waals surface area contributed by atoms with Crippen LogP contribution in [0.15, 0.2) is 18.3 Å². The van der Waals surface area contributed by atoms with Gasteiger partial charge in [0.15, 0.2) is 0 Å². The number of nitrogens with zero attached hydrogens (tertiary/aromatic N) is 3. The molecule has 0 aliphatic rings. The molecule has 4 nitrogen and oxygen atoms in total. The summed E-state index contributed by atoms with van der Waals surface area (Å²) in [5, 5.41) is 5.10. The van der Waals surface area contributed by atoms with E-state index in [2.05, 4.69) is 30.9 Å². The quantitative estimate of drug-likeness (QED) is 0.861. The van der Waals surface area contributed by atoms with Crippen molar-refractivity contribution in [1.29, 1.82) is 0 Å². The van der Waals surface area contributed by atoms with Gasteiger partial charge >= 0.3 is 0 Å². The summed E-state index contributed by atoms with van der Waals surface area (Å²) in [5.41, 5.74) is 8.53. The average Bonchev–Trinajstić information content (AvgIpc) is 2.64. The lowest BCUT2D eigenvalue weighted by atomic mass is 9.92. The van der Waals surface area contributed by atoms with Gasteiger partial charge in [0.05, 0.1) is 16.4 Å². The highest BCUT2D eigenvalue weighted by Gasteiger charge is 2.20. The Balaban J connectivity index is 2.58. The zero-order valence-corrected chi connectivity index (χ0v) is 11.8. The smallest absolute Gasteiger partial charge is 0.124 e. The van der Waals surface area contributed by atoms with Crippen LogP contribution >= 0.6 is 11.6 Å². The first-order valence-corrected chi connectivity index (χ1v) is 6.13. The molecule has 5 heteroatoms. The van der Waals surface area contributed by atoms with Gasteiger partial charge in [-0.25, -0.2) is 4.98 Å². The van der Waals surface area contributed by atoms with Crippen molar-refractivity contribution in [3.8, 4) is 11.3 Å². The molecule has 0 bridgehead atoms. The number of anilines is 1. The number of hydrogen-bond acceptors (Lipinski definition) is 3. The minimum absolute atomic E-state index is 0.00105. The van der Waals surface area contributed by atoms with E-state index in [1.807, 2.05) is 17.8 Å². The maximum atomic E-state index is 6.17. The summed E-state index contributed by atoms with van der Waals surface area (Å²) in [5.74, 6) is 0.452. The Morgan fingerprint density at radius 3 is 2.50 bits per heavy atom. The van der Waals surface area contributed by atoms with Gasteiger partial charge in [-0.3, -0.25) is 4.68 Å². The predicted octanol–water partition coefficient (Wildman–Crippen LogP) is 3.02. The molecule has 0 spiro atoms. The topological polar surface area (TPSA) is 56.7 Å². The molecule has 0 radical (unpaired) electrons. The molecule has 0 aliphatic heterocycles. The van der Waals surface area contributed by atoms with E-state index in [4.69, 9.17) is 17.3 Å². The van der Waals surface area contributed by atoms with Gasteiger partial charge in [-0.2, -0.15) is 5.10 Å². The van der Waals surface area contributed by atoms with Gasteiger partial charge in [-0.15, -0.1) is 0 Å². The minimum Gasteiger partial charge on any atom is -0.384 e. The minimum atomic E-state index is 0.00105. The number of nitrogens with two attached hydrogens (primary N) is 1. The van der Waals surface area contributed by atoms with Crippen LogP contribution in [0.4, 0.5) is 5.82 Å². The first-order chi connectivity index (χ1) is 8.29. The van der Waals surface area contributed by atoms with Gasteiger partial charge in [0.25, 0.3) is 0 Å². The van der Waals surface area contributed by atoms with Crippen molar-refractivity contribution < 1.29 is 0 Å². The highest BCUT2D eigenvalue weighted by molar-refractivity contribution is 6.33. The molecular weight excluding hydrogens is 248 g/mol. The van der Waals surface area contributed by atoms with Gasteiger partial charge < -0.3 is 5.73 Å². The number of aryl methyl sites for hydroxylation is 1. The Labute approximate surface area is 112 Å². The van der Waals surface area contributed by atoms with Crippen LogP contribution in [-0.2, 0) is 12.5 Å². The molecule has 96 valence electrons. The second-order valence-corrected chi connectivity index (χ2v) is 5.78. The fraction of sp³-hybridized carbons (Fsp3) is 0.385. The lowest BCUT2D eigenvalue weighted by Crippen LogP contribution is -2.12. The highest BCUT2D eigenvalue weighted by atomic mass is 35.5. The SMILES string of the molecule is Cn1nc(C(C)(C)C)cc1-c1cc(N)ncc1Cl. The van der Waals surface area contributed by atoms with Crippen LogP contribution < -0.4 is 5.73 Å². The van der Waals surface area contributed by atoms with Gasteiger partial charge in [0, 0.05) is 24.2 Å². The number of hydrogen-bond donors (Lipinski definition) is 1. The monoisotopic (exact) mass is 264 g/mol. The molecule has 0 amide bonds. The molecule has 0 aromatic carbocycles. The lowest BCUT2D eigenvalue weighted by molar-refractivity contribution is 0.553. The number of aromatic nitrogens is 3. The van der Waals surface area contributed by atoms with E-state index in [1.54, 1.807) is 12.3 Å². The summed E-state index contributed by atoms with van der Waals surface area (Å²) in [6, 6.07) is 3.81. The first kappa shape index (κ1) is 12.9. The van der Waals surface area contributed by atoms with Gasteiger partial charge in [-0.1, -0.05) is 32.4 Å². The van der Waals surface area contributed by atoms with Crippen LogP contribution in [0.3, 0.4) is 0 Å². The molecule has 18 heavy (non-hydrogen) atoms. The number of nitrogen functional groups attached to an aromatic ring is 1. The van der Waals surface area contributed by atoms with E-state index in [-0.39, 0.29) is 5.41 Å². The van der Waals surface area contributed by atoms with Crippen LogP contribution in [0.1, 0.15) is 26.5 Å². The molecule has 0 saturated carbocycles. The third-order valence-electron chi connectivity index (χ3n) is 2.80. The van der Waals surface area contributed by atoms with Crippen LogP contribution in [0.25, 0.3) is 11.3 Å². The molecule has 2 aromatic rings. The van der Waals surface area contributed by atoms with Crippen molar-refractivity contribution in [1.82, 2.24) is 14.8 Å². The van der Waals surface area contributed by atoms with E-state index in [0.717, 1.165) is 17.0 Å². The van der Waals surface area contributed by atoms with Gasteiger partial charge in [-0.05, 0) is 12.1 Å². The lowest BCUT2D eigenvalue weighted by Gasteiger charge is -2.13. The largest absolute Gasteiger partial charge is 0.384 e. The van der Waals surface area contributed by atoms with Crippen molar-refractivity contribution in [2.24, 2.45) is 7.05 Å². The fourth-order valence-electron chi connectivity index (χ4n) is 1.74. The van der Waals surface area contributed by atoms with Crippen molar-refractivity contribution in [3.05, 3.63) is 29.0 Å².